The van der Waals surface area contributed by atoms with E-state index in [2.05, 4.69) is 22.1 Å². The normalized spacial score (nSPS) is 32.5. The zero-order valence-corrected chi connectivity index (χ0v) is 14.4. The third-order valence-corrected chi connectivity index (χ3v) is 5.13. The second-order valence-electron chi connectivity index (χ2n) is 7.10. The fraction of sp³-hybridized carbons (Fsp3) is 0.667. The second-order valence-corrected chi connectivity index (χ2v) is 7.10. The Labute approximate surface area is 143 Å². The average molecular weight is 333 g/mol. The minimum atomic E-state index is -0.808. The first-order valence-corrected chi connectivity index (χ1v) is 8.78. The van der Waals surface area contributed by atoms with Crippen LogP contribution in [0.5, 0.6) is 0 Å². The SMILES string of the molecule is CCOC1CC(O)(CNC(=O)[C@@H]2CN(c3ccccn3)C[C@H]2C)C1. The number of carbonyl (C=O) groups excluding carboxylic acids is 1. The highest BCUT2D eigenvalue weighted by molar-refractivity contribution is 5.80. The Morgan fingerprint density at radius 2 is 2.25 bits per heavy atom. The second kappa shape index (κ2) is 7.07. The van der Waals surface area contributed by atoms with Crippen LogP contribution in [0, 0.1) is 11.8 Å². The highest BCUT2D eigenvalue weighted by Crippen LogP contribution is 2.34. The van der Waals surface area contributed by atoms with Crippen molar-refractivity contribution in [2.24, 2.45) is 11.8 Å². The number of aromatic nitrogens is 1. The minimum Gasteiger partial charge on any atom is -0.388 e. The molecule has 6 heteroatoms. The number of pyridine rings is 1. The summed E-state index contributed by atoms with van der Waals surface area (Å²) in [7, 11) is 0. The van der Waals surface area contributed by atoms with E-state index in [4.69, 9.17) is 4.74 Å². The molecule has 0 bridgehead atoms. The van der Waals surface area contributed by atoms with Gasteiger partial charge in [0.1, 0.15) is 5.82 Å². The number of hydrogen-bond donors (Lipinski definition) is 2. The molecule has 1 saturated carbocycles. The third kappa shape index (κ3) is 3.70. The van der Waals surface area contributed by atoms with E-state index in [1.165, 1.54) is 0 Å². The Bertz CT molecular complexity index is 560. The van der Waals surface area contributed by atoms with Crippen molar-refractivity contribution < 1.29 is 14.6 Å². The van der Waals surface area contributed by atoms with E-state index in [1.54, 1.807) is 6.20 Å². The predicted octanol–water partition coefficient (Wildman–Crippen LogP) is 1.20. The summed E-state index contributed by atoms with van der Waals surface area (Å²) in [6.07, 6.45) is 3.10. The average Bonchev–Trinajstić information content (AvgIpc) is 2.94. The van der Waals surface area contributed by atoms with Crippen LogP contribution < -0.4 is 10.2 Å². The number of carbonyl (C=O) groups is 1. The molecule has 3 rings (SSSR count). The summed E-state index contributed by atoms with van der Waals surface area (Å²) in [6, 6.07) is 5.82. The Kier molecular flexibility index (Phi) is 5.06. The molecular formula is C18H27N3O3. The Hall–Kier alpha value is -1.66. The zero-order valence-electron chi connectivity index (χ0n) is 14.4. The highest BCUT2D eigenvalue weighted by atomic mass is 16.5. The first kappa shape index (κ1) is 17.2. The van der Waals surface area contributed by atoms with Gasteiger partial charge in [0.15, 0.2) is 0 Å². The molecule has 0 aromatic carbocycles. The Morgan fingerprint density at radius 3 is 2.92 bits per heavy atom. The molecule has 24 heavy (non-hydrogen) atoms. The maximum Gasteiger partial charge on any atom is 0.225 e. The lowest BCUT2D eigenvalue weighted by Gasteiger charge is -2.43. The number of rotatable bonds is 6. The maximum atomic E-state index is 12.5. The molecule has 2 N–H and O–H groups in total. The summed E-state index contributed by atoms with van der Waals surface area (Å²) in [6.45, 7) is 6.51. The van der Waals surface area contributed by atoms with Crippen molar-refractivity contribution in [3.63, 3.8) is 0 Å². The van der Waals surface area contributed by atoms with Gasteiger partial charge in [-0.2, -0.15) is 0 Å². The van der Waals surface area contributed by atoms with Crippen LogP contribution in [0.25, 0.3) is 0 Å². The molecule has 132 valence electrons. The fourth-order valence-corrected chi connectivity index (χ4v) is 3.70. The van der Waals surface area contributed by atoms with Gasteiger partial charge in [0.05, 0.1) is 17.6 Å². The first-order valence-electron chi connectivity index (χ1n) is 8.78. The van der Waals surface area contributed by atoms with Crippen molar-refractivity contribution in [1.82, 2.24) is 10.3 Å². The summed E-state index contributed by atoms with van der Waals surface area (Å²) in [5.74, 6) is 1.13. The van der Waals surface area contributed by atoms with Crippen LogP contribution in [0.3, 0.4) is 0 Å². The molecule has 1 aliphatic heterocycles. The molecule has 6 nitrogen and oxygen atoms in total. The van der Waals surface area contributed by atoms with E-state index in [-0.39, 0.29) is 23.8 Å². The van der Waals surface area contributed by atoms with Gasteiger partial charge in [-0.15, -0.1) is 0 Å². The topological polar surface area (TPSA) is 74.7 Å². The van der Waals surface area contributed by atoms with Gasteiger partial charge < -0.3 is 20.1 Å². The number of nitrogens with zero attached hydrogens (tertiary/aromatic N) is 2. The maximum absolute atomic E-state index is 12.5. The van der Waals surface area contributed by atoms with Crippen LogP contribution in [0.2, 0.25) is 0 Å². The van der Waals surface area contributed by atoms with Crippen LogP contribution in [0.15, 0.2) is 24.4 Å². The lowest BCUT2D eigenvalue weighted by atomic mass is 9.77. The molecule has 1 aromatic rings. The molecule has 0 spiro atoms. The molecular weight excluding hydrogens is 306 g/mol. The van der Waals surface area contributed by atoms with Gasteiger partial charge in [-0.05, 0) is 25.0 Å². The van der Waals surface area contributed by atoms with Crippen LogP contribution in [0.1, 0.15) is 26.7 Å². The van der Waals surface area contributed by atoms with E-state index in [0.717, 1.165) is 12.4 Å². The molecule has 1 saturated heterocycles. The number of ether oxygens (including phenoxy) is 1. The fourth-order valence-electron chi connectivity index (χ4n) is 3.70. The quantitative estimate of drug-likeness (QED) is 0.818. The standard InChI is InChI=1S/C18H27N3O3/c1-3-24-14-8-18(23,9-14)12-20-17(22)15-11-21(10-13(15)2)16-6-4-5-7-19-16/h4-7,13-15,23H,3,8-12H2,1-2H3,(H,20,22)/t13-,14?,15-,18?/m1/s1. The van der Waals surface area contributed by atoms with E-state index >= 15 is 0 Å². The van der Waals surface area contributed by atoms with Crippen molar-refractivity contribution in [1.29, 1.82) is 0 Å². The van der Waals surface area contributed by atoms with E-state index < -0.39 is 5.60 Å². The van der Waals surface area contributed by atoms with Gasteiger partial charge in [-0.3, -0.25) is 4.79 Å². The Morgan fingerprint density at radius 1 is 1.46 bits per heavy atom. The number of anilines is 1. The number of aliphatic hydroxyl groups is 1. The van der Waals surface area contributed by atoms with Crippen LogP contribution in [0.4, 0.5) is 5.82 Å². The van der Waals surface area contributed by atoms with Crippen molar-refractivity contribution in [2.45, 2.75) is 38.4 Å². The van der Waals surface area contributed by atoms with Crippen LogP contribution >= 0.6 is 0 Å². The minimum absolute atomic E-state index is 0.0224. The van der Waals surface area contributed by atoms with Crippen molar-refractivity contribution in [3.8, 4) is 0 Å². The summed E-state index contributed by atoms with van der Waals surface area (Å²) in [5, 5.41) is 13.3. The number of amides is 1. The summed E-state index contributed by atoms with van der Waals surface area (Å²) >= 11 is 0. The summed E-state index contributed by atoms with van der Waals surface area (Å²) < 4.78 is 5.47. The molecule has 2 atom stereocenters. The van der Waals surface area contributed by atoms with Gasteiger partial charge in [-0.1, -0.05) is 13.0 Å². The Balaban J connectivity index is 1.49. The van der Waals surface area contributed by atoms with Gasteiger partial charge in [0.2, 0.25) is 5.91 Å². The monoisotopic (exact) mass is 333 g/mol. The van der Waals surface area contributed by atoms with Crippen molar-refractivity contribution in [2.75, 3.05) is 31.1 Å². The van der Waals surface area contributed by atoms with Crippen LogP contribution in [-0.2, 0) is 9.53 Å². The largest absolute Gasteiger partial charge is 0.388 e. The predicted molar refractivity (Wildman–Crippen MR) is 91.7 cm³/mol. The van der Waals surface area contributed by atoms with E-state index in [1.807, 2.05) is 25.1 Å². The van der Waals surface area contributed by atoms with E-state index in [0.29, 0.717) is 32.5 Å². The van der Waals surface area contributed by atoms with Crippen LogP contribution in [-0.4, -0.2) is 53.9 Å². The molecule has 1 aliphatic carbocycles. The molecule has 0 radical (unpaired) electrons. The summed E-state index contributed by atoms with van der Waals surface area (Å²) in [4.78, 5) is 19.0. The molecule has 2 fully saturated rings. The number of nitrogens with one attached hydrogen (secondary N) is 1. The lowest BCUT2D eigenvalue weighted by molar-refractivity contribution is -0.143. The van der Waals surface area contributed by atoms with Crippen molar-refractivity contribution in [3.05, 3.63) is 24.4 Å². The lowest BCUT2D eigenvalue weighted by Crippen LogP contribution is -2.56. The molecule has 1 amide bonds. The van der Waals surface area contributed by atoms with Gasteiger partial charge in [0, 0.05) is 45.3 Å². The van der Waals surface area contributed by atoms with Gasteiger partial charge in [0.25, 0.3) is 0 Å². The molecule has 2 heterocycles. The van der Waals surface area contributed by atoms with Crippen molar-refractivity contribution >= 4 is 11.7 Å². The zero-order chi connectivity index (χ0) is 17.2. The smallest absolute Gasteiger partial charge is 0.225 e. The van der Waals surface area contributed by atoms with Gasteiger partial charge >= 0.3 is 0 Å². The highest BCUT2D eigenvalue weighted by Gasteiger charge is 2.44. The molecule has 0 unspecified atom stereocenters. The number of hydrogen-bond acceptors (Lipinski definition) is 5. The summed E-state index contributed by atoms with van der Waals surface area (Å²) in [5.41, 5.74) is -0.808. The van der Waals surface area contributed by atoms with Gasteiger partial charge in [-0.25, -0.2) is 4.98 Å². The third-order valence-electron chi connectivity index (χ3n) is 5.13. The molecule has 1 aromatic heterocycles. The van der Waals surface area contributed by atoms with E-state index in [9.17, 15) is 9.90 Å². The first-order chi connectivity index (χ1) is 11.5. The molecule has 2 aliphatic rings.